The molecule has 2 aliphatic heterocycles. The third-order valence-electron chi connectivity index (χ3n) is 5.57. The quantitative estimate of drug-likeness (QED) is 0.885. The Hall–Kier alpha value is -0.670. The van der Waals surface area contributed by atoms with Crippen molar-refractivity contribution in [2.45, 2.75) is 69.7 Å². The Morgan fingerprint density at radius 1 is 1.13 bits per heavy atom. The first-order chi connectivity index (χ1) is 10.9. The van der Waals surface area contributed by atoms with Gasteiger partial charge in [0.05, 0.1) is 0 Å². The molecule has 1 aromatic rings. The normalized spacial score (nSPS) is 30.1. The number of nitrogens with one attached hydrogen (secondary N) is 1. The molecular weight excluding hydrogens is 302 g/mol. The van der Waals surface area contributed by atoms with Crippen LogP contribution in [0.25, 0.3) is 0 Å². The summed E-state index contributed by atoms with van der Waals surface area (Å²) >= 11 is 0. The van der Waals surface area contributed by atoms with Crippen molar-refractivity contribution in [1.82, 2.24) is 5.32 Å². The van der Waals surface area contributed by atoms with Crippen LogP contribution in [0.4, 0.5) is 0 Å². The fraction of sp³-hybridized carbons (Fsp3) is 0.700. The molecular formula is C20H31NOS. The van der Waals surface area contributed by atoms with E-state index in [1.54, 1.807) is 0 Å². The number of piperidine rings is 1. The minimum atomic E-state index is -0.765. The largest absolute Gasteiger partial charge is 0.311 e. The predicted molar refractivity (Wildman–Crippen MR) is 99.1 cm³/mol. The van der Waals surface area contributed by atoms with Crippen LogP contribution in [0, 0.1) is 11.8 Å². The Morgan fingerprint density at radius 2 is 1.74 bits per heavy atom. The molecule has 2 nitrogen and oxygen atoms in total. The second-order valence-corrected chi connectivity index (χ2v) is 10.7. The lowest BCUT2D eigenvalue weighted by Crippen LogP contribution is -2.42. The number of hydrogen-bond donors (Lipinski definition) is 1. The molecule has 1 unspecified atom stereocenters. The van der Waals surface area contributed by atoms with E-state index in [1.165, 1.54) is 31.2 Å². The van der Waals surface area contributed by atoms with E-state index in [2.05, 4.69) is 56.4 Å². The standard InChI is InChI=1S/C20H31NOS/c1-20(2,3)23(22)14-17(11-15-7-5-4-6-8-15)16-12-18-9-10-19(13-16)21-18/h4-8,16-19,21H,9-14H2,1-3H3/t16?,17-,18-,19+,23-/m1/s1. The van der Waals surface area contributed by atoms with Gasteiger partial charge in [-0.15, -0.1) is 0 Å². The molecule has 2 bridgehead atoms. The van der Waals surface area contributed by atoms with Gasteiger partial charge in [-0.2, -0.15) is 0 Å². The summed E-state index contributed by atoms with van der Waals surface area (Å²) in [6, 6.07) is 12.2. The Morgan fingerprint density at radius 3 is 2.30 bits per heavy atom. The first-order valence-electron chi connectivity index (χ1n) is 9.10. The van der Waals surface area contributed by atoms with Crippen LogP contribution in [-0.2, 0) is 17.2 Å². The van der Waals surface area contributed by atoms with E-state index >= 15 is 0 Å². The van der Waals surface area contributed by atoms with Gasteiger partial charge in [-0.25, -0.2) is 0 Å². The zero-order valence-electron chi connectivity index (χ0n) is 14.8. The van der Waals surface area contributed by atoms with Crippen LogP contribution in [0.3, 0.4) is 0 Å². The van der Waals surface area contributed by atoms with Crippen LogP contribution in [-0.4, -0.2) is 26.8 Å². The Bertz CT molecular complexity index is 524. The highest BCUT2D eigenvalue weighted by molar-refractivity contribution is 7.86. The molecule has 2 heterocycles. The fourth-order valence-electron chi connectivity index (χ4n) is 4.21. The van der Waals surface area contributed by atoms with Gasteiger partial charge in [-0.05, 0) is 70.3 Å². The molecule has 0 radical (unpaired) electrons. The van der Waals surface area contributed by atoms with Gasteiger partial charge in [0.2, 0.25) is 0 Å². The number of hydrogen-bond acceptors (Lipinski definition) is 2. The number of rotatable bonds is 5. The summed E-state index contributed by atoms with van der Waals surface area (Å²) < 4.78 is 12.7. The van der Waals surface area contributed by atoms with Crippen molar-refractivity contribution in [3.05, 3.63) is 35.9 Å². The Kier molecular flexibility index (Phi) is 5.27. The number of fused-ring (bicyclic) bond motifs is 2. The summed E-state index contributed by atoms with van der Waals surface area (Å²) in [4.78, 5) is 0. The summed E-state index contributed by atoms with van der Waals surface area (Å²) in [6.07, 6.45) is 6.29. The third kappa shape index (κ3) is 4.45. The molecule has 1 aromatic carbocycles. The average molecular weight is 334 g/mol. The van der Waals surface area contributed by atoms with Gasteiger partial charge in [0.1, 0.15) is 0 Å². The topological polar surface area (TPSA) is 29.1 Å². The molecule has 0 spiro atoms. The van der Waals surface area contributed by atoms with Gasteiger partial charge in [-0.3, -0.25) is 4.21 Å². The molecule has 128 valence electrons. The summed E-state index contributed by atoms with van der Waals surface area (Å²) in [5, 5.41) is 3.75. The molecule has 0 aliphatic carbocycles. The highest BCUT2D eigenvalue weighted by atomic mass is 32.2. The highest BCUT2D eigenvalue weighted by Gasteiger charge is 2.38. The SMILES string of the molecule is CC(C)(C)[S@](=O)C[C@@H](Cc1ccccc1)C1C[C@H]2CC[C@@H](C1)N2. The van der Waals surface area contributed by atoms with Crippen molar-refractivity contribution >= 4 is 10.8 Å². The summed E-state index contributed by atoms with van der Waals surface area (Å²) in [5.41, 5.74) is 1.40. The van der Waals surface area contributed by atoms with Crippen molar-refractivity contribution in [3.63, 3.8) is 0 Å². The molecule has 0 saturated carbocycles. The van der Waals surface area contributed by atoms with Gasteiger partial charge in [0.15, 0.2) is 0 Å². The summed E-state index contributed by atoms with van der Waals surface area (Å²) in [5.74, 6) is 2.12. The summed E-state index contributed by atoms with van der Waals surface area (Å²) in [7, 11) is -0.765. The fourth-order valence-corrected chi connectivity index (χ4v) is 5.49. The van der Waals surface area contributed by atoms with E-state index in [0.717, 1.165) is 18.1 Å². The van der Waals surface area contributed by atoms with E-state index in [4.69, 9.17) is 0 Å². The maximum absolute atomic E-state index is 12.8. The second-order valence-electron chi connectivity index (χ2n) is 8.44. The Balaban J connectivity index is 1.74. The first kappa shape index (κ1) is 17.2. The molecule has 23 heavy (non-hydrogen) atoms. The van der Waals surface area contributed by atoms with Crippen molar-refractivity contribution in [2.24, 2.45) is 11.8 Å². The average Bonchev–Trinajstić information content (AvgIpc) is 2.85. The second kappa shape index (κ2) is 7.06. The minimum Gasteiger partial charge on any atom is -0.311 e. The minimum absolute atomic E-state index is 0.110. The zero-order chi connectivity index (χ0) is 16.4. The molecule has 5 atom stereocenters. The van der Waals surface area contributed by atoms with Crippen LogP contribution in [0.2, 0.25) is 0 Å². The van der Waals surface area contributed by atoms with Crippen LogP contribution >= 0.6 is 0 Å². The van der Waals surface area contributed by atoms with Crippen molar-refractivity contribution in [1.29, 1.82) is 0 Å². The summed E-state index contributed by atoms with van der Waals surface area (Å²) in [6.45, 7) is 6.32. The van der Waals surface area contributed by atoms with Crippen molar-refractivity contribution in [2.75, 3.05) is 5.75 Å². The lowest BCUT2D eigenvalue weighted by atomic mass is 9.79. The highest BCUT2D eigenvalue weighted by Crippen LogP contribution is 2.37. The molecule has 0 amide bonds. The van der Waals surface area contributed by atoms with Gasteiger partial charge in [0, 0.05) is 33.4 Å². The van der Waals surface area contributed by atoms with Crippen molar-refractivity contribution < 1.29 is 4.21 Å². The predicted octanol–water partition coefficient (Wildman–Crippen LogP) is 3.92. The maximum atomic E-state index is 12.8. The van der Waals surface area contributed by atoms with Crippen LogP contribution in [0.15, 0.2) is 30.3 Å². The molecule has 3 heteroatoms. The molecule has 3 rings (SSSR count). The lowest BCUT2D eigenvalue weighted by Gasteiger charge is -2.36. The van der Waals surface area contributed by atoms with E-state index < -0.39 is 10.8 Å². The molecule has 1 N–H and O–H groups in total. The van der Waals surface area contributed by atoms with Gasteiger partial charge in [-0.1, -0.05) is 30.3 Å². The van der Waals surface area contributed by atoms with Crippen LogP contribution in [0.1, 0.15) is 52.0 Å². The third-order valence-corrected chi connectivity index (χ3v) is 7.66. The van der Waals surface area contributed by atoms with E-state index in [1.807, 2.05) is 0 Å². The van der Waals surface area contributed by atoms with E-state index in [-0.39, 0.29) is 4.75 Å². The maximum Gasteiger partial charge on any atom is 0.0375 e. The van der Waals surface area contributed by atoms with Crippen LogP contribution in [0.5, 0.6) is 0 Å². The van der Waals surface area contributed by atoms with Gasteiger partial charge in [0.25, 0.3) is 0 Å². The van der Waals surface area contributed by atoms with E-state index in [0.29, 0.717) is 18.0 Å². The lowest BCUT2D eigenvalue weighted by molar-refractivity contribution is 0.229. The van der Waals surface area contributed by atoms with Gasteiger partial charge >= 0.3 is 0 Å². The molecule has 2 fully saturated rings. The monoisotopic (exact) mass is 333 g/mol. The van der Waals surface area contributed by atoms with Crippen molar-refractivity contribution in [3.8, 4) is 0 Å². The smallest absolute Gasteiger partial charge is 0.0375 e. The molecule has 0 aromatic heterocycles. The number of benzene rings is 1. The molecule has 2 aliphatic rings. The Labute approximate surface area is 143 Å². The van der Waals surface area contributed by atoms with Gasteiger partial charge < -0.3 is 5.32 Å². The van der Waals surface area contributed by atoms with E-state index in [9.17, 15) is 4.21 Å². The zero-order valence-corrected chi connectivity index (χ0v) is 15.6. The first-order valence-corrected chi connectivity index (χ1v) is 10.4. The molecule has 2 saturated heterocycles. The van der Waals surface area contributed by atoms with Crippen LogP contribution < -0.4 is 5.32 Å².